The number of carbonyl (C=O) groups is 2. The Kier molecular flexibility index (Phi) is 11.3. The number of amides is 2. The normalized spacial score (nSPS) is 18.4. The highest BCUT2D eigenvalue weighted by molar-refractivity contribution is 6.30. The van der Waals surface area contributed by atoms with E-state index in [-0.39, 0.29) is 29.7 Å². The van der Waals surface area contributed by atoms with Gasteiger partial charge in [-0.05, 0) is 74.4 Å². The van der Waals surface area contributed by atoms with Crippen molar-refractivity contribution in [2.45, 2.75) is 51.6 Å². The number of methoxy groups -OCH3 is 2. The predicted molar refractivity (Wildman–Crippen MR) is 161 cm³/mol. The first kappa shape index (κ1) is 31.1. The van der Waals surface area contributed by atoms with Crippen molar-refractivity contribution in [2.24, 2.45) is 11.8 Å². The van der Waals surface area contributed by atoms with Crippen LogP contribution in [0.3, 0.4) is 0 Å². The predicted octanol–water partition coefficient (Wildman–Crippen LogP) is 4.68. The van der Waals surface area contributed by atoms with E-state index in [2.05, 4.69) is 10.2 Å². The van der Waals surface area contributed by atoms with Crippen molar-refractivity contribution in [2.75, 3.05) is 53.6 Å². The van der Waals surface area contributed by atoms with Crippen LogP contribution in [0.2, 0.25) is 5.02 Å². The van der Waals surface area contributed by atoms with Crippen molar-refractivity contribution in [3.63, 3.8) is 0 Å². The third-order valence-electron chi connectivity index (χ3n) is 7.94. The smallest absolute Gasteiger partial charge is 0.254 e. The van der Waals surface area contributed by atoms with E-state index < -0.39 is 0 Å². The number of rotatable bonds is 15. The summed E-state index contributed by atoms with van der Waals surface area (Å²) in [6.45, 7) is 8.13. The zero-order valence-electron chi connectivity index (χ0n) is 24.7. The van der Waals surface area contributed by atoms with Gasteiger partial charge in [0.25, 0.3) is 5.91 Å². The molecule has 41 heavy (non-hydrogen) atoms. The molecule has 0 spiro atoms. The number of hydrogen-bond donors (Lipinski definition) is 1. The van der Waals surface area contributed by atoms with Crippen LogP contribution in [0, 0.1) is 11.8 Å². The van der Waals surface area contributed by atoms with Crippen molar-refractivity contribution in [3.05, 3.63) is 58.6 Å². The van der Waals surface area contributed by atoms with Gasteiger partial charge in [0.1, 0.15) is 0 Å². The fourth-order valence-electron chi connectivity index (χ4n) is 5.49. The lowest BCUT2D eigenvalue weighted by molar-refractivity contribution is -0.131. The molecule has 8 nitrogen and oxygen atoms in total. The quantitative estimate of drug-likeness (QED) is 0.306. The van der Waals surface area contributed by atoms with Crippen LogP contribution < -0.4 is 14.8 Å². The number of carbonyl (C=O) groups excluding carboxylic acids is 2. The number of hydrogen-bond acceptors (Lipinski definition) is 6. The standard InChI is InChI=1S/C32H44ClN3O5/c1-22(2)35(32(38)24-9-12-29(40-4)30(17-24)41-14-6-13-39-3)20-25-18-34-19-26(25)21-36(28-10-11-28)31(37)16-23-7-5-8-27(33)15-23/h5,7-9,12,15,17,22,25-26,28,34H,6,10-11,13-14,16,18-21H2,1-4H3. The minimum absolute atomic E-state index is 0.0147. The van der Waals surface area contributed by atoms with Crippen LogP contribution in [-0.4, -0.2) is 87.3 Å². The van der Waals surface area contributed by atoms with E-state index in [0.717, 1.165) is 37.9 Å². The third kappa shape index (κ3) is 8.60. The Labute approximate surface area is 249 Å². The van der Waals surface area contributed by atoms with Gasteiger partial charge in [0.15, 0.2) is 11.5 Å². The number of benzene rings is 2. The molecule has 2 aromatic rings. The molecular weight excluding hydrogens is 542 g/mol. The van der Waals surface area contributed by atoms with Crippen molar-refractivity contribution in [3.8, 4) is 11.5 Å². The lowest BCUT2D eigenvalue weighted by Crippen LogP contribution is -2.45. The molecule has 224 valence electrons. The van der Waals surface area contributed by atoms with E-state index in [4.69, 9.17) is 25.8 Å². The van der Waals surface area contributed by atoms with Crippen LogP contribution in [0.15, 0.2) is 42.5 Å². The van der Waals surface area contributed by atoms with Crippen molar-refractivity contribution in [1.82, 2.24) is 15.1 Å². The second kappa shape index (κ2) is 14.9. The van der Waals surface area contributed by atoms with Gasteiger partial charge in [0.05, 0.1) is 20.1 Å². The number of nitrogens with zero attached hydrogens (tertiary/aromatic N) is 2. The Morgan fingerprint density at radius 1 is 1.00 bits per heavy atom. The molecule has 1 saturated heterocycles. The highest BCUT2D eigenvalue weighted by atomic mass is 35.5. The Morgan fingerprint density at radius 3 is 2.41 bits per heavy atom. The number of nitrogens with one attached hydrogen (secondary N) is 1. The average molecular weight is 586 g/mol. The highest BCUT2D eigenvalue weighted by Crippen LogP contribution is 2.32. The van der Waals surface area contributed by atoms with E-state index in [9.17, 15) is 9.59 Å². The van der Waals surface area contributed by atoms with Gasteiger partial charge >= 0.3 is 0 Å². The third-order valence-corrected chi connectivity index (χ3v) is 8.17. The topological polar surface area (TPSA) is 80.3 Å². The van der Waals surface area contributed by atoms with Crippen LogP contribution in [0.5, 0.6) is 11.5 Å². The van der Waals surface area contributed by atoms with Gasteiger partial charge in [-0.1, -0.05) is 23.7 Å². The molecule has 0 radical (unpaired) electrons. The zero-order chi connectivity index (χ0) is 29.4. The highest BCUT2D eigenvalue weighted by Gasteiger charge is 2.38. The van der Waals surface area contributed by atoms with Crippen LogP contribution in [0.4, 0.5) is 0 Å². The zero-order valence-corrected chi connectivity index (χ0v) is 25.5. The summed E-state index contributed by atoms with van der Waals surface area (Å²) in [6.07, 6.45) is 3.20. The summed E-state index contributed by atoms with van der Waals surface area (Å²) in [7, 11) is 3.25. The Bertz CT molecular complexity index is 1170. The molecule has 1 heterocycles. The second-order valence-corrected chi connectivity index (χ2v) is 11.8. The van der Waals surface area contributed by atoms with E-state index in [1.807, 2.05) is 43.0 Å². The number of ether oxygens (including phenoxy) is 3. The maximum Gasteiger partial charge on any atom is 0.254 e. The van der Waals surface area contributed by atoms with Gasteiger partial charge in [-0.15, -0.1) is 0 Å². The molecule has 2 unspecified atom stereocenters. The first-order chi connectivity index (χ1) is 19.8. The van der Waals surface area contributed by atoms with E-state index in [0.29, 0.717) is 60.9 Å². The van der Waals surface area contributed by atoms with E-state index in [1.165, 1.54) is 0 Å². The van der Waals surface area contributed by atoms with Crippen LogP contribution in [-0.2, 0) is 16.0 Å². The van der Waals surface area contributed by atoms with Gasteiger partial charge in [-0.3, -0.25) is 9.59 Å². The SMILES string of the molecule is COCCCOc1cc(C(=O)N(CC2CNCC2CN(C(=O)Cc2cccc(Cl)c2)C2CC2)C(C)C)ccc1OC. The molecule has 1 aliphatic carbocycles. The van der Waals surface area contributed by atoms with Crippen molar-refractivity contribution in [1.29, 1.82) is 0 Å². The maximum absolute atomic E-state index is 13.8. The molecule has 2 atom stereocenters. The van der Waals surface area contributed by atoms with Crippen molar-refractivity contribution >= 4 is 23.4 Å². The molecule has 0 bridgehead atoms. The van der Waals surface area contributed by atoms with Crippen LogP contribution in [0.25, 0.3) is 0 Å². The fourth-order valence-corrected chi connectivity index (χ4v) is 5.70. The molecule has 2 aliphatic rings. The van der Waals surface area contributed by atoms with Gasteiger partial charge in [-0.25, -0.2) is 0 Å². The first-order valence-corrected chi connectivity index (χ1v) is 15.0. The summed E-state index contributed by atoms with van der Waals surface area (Å²) in [4.78, 5) is 31.2. The van der Waals surface area contributed by atoms with Crippen LogP contribution in [0.1, 0.15) is 49.0 Å². The summed E-state index contributed by atoms with van der Waals surface area (Å²) < 4.78 is 16.5. The molecule has 2 amide bonds. The molecule has 1 aliphatic heterocycles. The summed E-state index contributed by atoms with van der Waals surface area (Å²) >= 11 is 6.16. The number of halogens is 1. The van der Waals surface area contributed by atoms with E-state index >= 15 is 0 Å². The summed E-state index contributed by atoms with van der Waals surface area (Å²) in [5.41, 5.74) is 1.51. The largest absolute Gasteiger partial charge is 0.493 e. The molecule has 0 aromatic heterocycles. The Balaban J connectivity index is 1.43. The monoisotopic (exact) mass is 585 g/mol. The summed E-state index contributed by atoms with van der Waals surface area (Å²) in [5.74, 6) is 1.77. The minimum Gasteiger partial charge on any atom is -0.493 e. The van der Waals surface area contributed by atoms with Gasteiger partial charge < -0.3 is 29.3 Å². The van der Waals surface area contributed by atoms with Gasteiger partial charge in [0.2, 0.25) is 5.91 Å². The van der Waals surface area contributed by atoms with Gasteiger partial charge in [0, 0.05) is 69.0 Å². The molecular formula is C32H44ClN3O5. The Morgan fingerprint density at radius 2 is 1.76 bits per heavy atom. The minimum atomic E-state index is -0.0360. The first-order valence-electron chi connectivity index (χ1n) is 14.7. The molecule has 4 rings (SSSR count). The summed E-state index contributed by atoms with van der Waals surface area (Å²) in [5, 5.41) is 4.17. The fraction of sp³-hybridized carbons (Fsp3) is 0.562. The van der Waals surface area contributed by atoms with Crippen molar-refractivity contribution < 1.29 is 23.8 Å². The van der Waals surface area contributed by atoms with Gasteiger partial charge in [-0.2, -0.15) is 0 Å². The van der Waals surface area contributed by atoms with E-state index in [1.54, 1.807) is 32.4 Å². The average Bonchev–Trinajstić information content (AvgIpc) is 3.70. The maximum atomic E-state index is 13.8. The van der Waals surface area contributed by atoms with Crippen LogP contribution >= 0.6 is 11.6 Å². The second-order valence-electron chi connectivity index (χ2n) is 11.4. The Hall–Kier alpha value is -2.81. The molecule has 2 fully saturated rings. The lowest BCUT2D eigenvalue weighted by Gasteiger charge is -2.34. The molecule has 2 aromatic carbocycles. The lowest BCUT2D eigenvalue weighted by atomic mass is 9.93. The molecule has 1 saturated carbocycles. The summed E-state index contributed by atoms with van der Waals surface area (Å²) in [6, 6.07) is 13.2. The molecule has 1 N–H and O–H groups in total. The molecule has 9 heteroatoms.